The van der Waals surface area contributed by atoms with Crippen molar-refractivity contribution >= 4 is 11.8 Å². The van der Waals surface area contributed by atoms with Crippen LogP contribution in [0.1, 0.15) is 28.0 Å². The predicted octanol–water partition coefficient (Wildman–Crippen LogP) is 5.81. The summed E-state index contributed by atoms with van der Waals surface area (Å²) in [5.74, 6) is 0.839. The third-order valence-corrected chi connectivity index (χ3v) is 5.67. The van der Waals surface area contributed by atoms with E-state index in [1.54, 1.807) is 23.9 Å². The van der Waals surface area contributed by atoms with Gasteiger partial charge in [-0.1, -0.05) is 30.3 Å². The number of halogens is 1. The lowest BCUT2D eigenvalue weighted by atomic mass is 10.00. The number of ether oxygens (including phenoxy) is 1. The molecule has 0 fully saturated rings. The minimum absolute atomic E-state index is 0.000323. The van der Waals surface area contributed by atoms with Crippen molar-refractivity contribution in [2.75, 3.05) is 0 Å². The van der Waals surface area contributed by atoms with Crippen LogP contribution in [0.4, 0.5) is 4.39 Å². The average Bonchev–Trinajstić information content (AvgIpc) is 2.62. The highest BCUT2D eigenvalue weighted by Gasteiger charge is 2.33. The summed E-state index contributed by atoms with van der Waals surface area (Å²) < 4.78 is 19.7. The van der Waals surface area contributed by atoms with Gasteiger partial charge in [0.05, 0.1) is 10.1 Å². The van der Waals surface area contributed by atoms with Crippen molar-refractivity contribution in [1.29, 1.82) is 0 Å². The fourth-order valence-corrected chi connectivity index (χ4v) is 4.28. The van der Waals surface area contributed by atoms with E-state index in [4.69, 9.17) is 4.74 Å². The standard InChI is InChI=1S/C21H17FO2S/c1-13-2-11-19-18(12-13)24-20(14-5-9-17(23)10-6-14)21(25-19)15-3-7-16(22)8-4-15/h2-12,20-21,23H,1H3/t20-,21+/m1/s1. The molecule has 4 rings (SSSR count). The Morgan fingerprint density at radius 1 is 0.920 bits per heavy atom. The van der Waals surface area contributed by atoms with Gasteiger partial charge in [0.15, 0.2) is 0 Å². The summed E-state index contributed by atoms with van der Waals surface area (Å²) in [4.78, 5) is 1.08. The molecule has 4 heteroatoms. The minimum Gasteiger partial charge on any atom is -0.508 e. The number of aryl methyl sites for hydroxylation is 1. The van der Waals surface area contributed by atoms with E-state index in [2.05, 4.69) is 12.1 Å². The van der Waals surface area contributed by atoms with Crippen LogP contribution in [0.3, 0.4) is 0 Å². The molecule has 25 heavy (non-hydrogen) atoms. The van der Waals surface area contributed by atoms with Gasteiger partial charge in [-0.3, -0.25) is 0 Å². The van der Waals surface area contributed by atoms with Crippen molar-refractivity contribution in [3.05, 3.63) is 89.2 Å². The quantitative estimate of drug-likeness (QED) is 0.631. The van der Waals surface area contributed by atoms with Crippen molar-refractivity contribution in [2.24, 2.45) is 0 Å². The SMILES string of the molecule is Cc1ccc2c(c1)O[C@H](c1ccc(O)cc1)[C@H](c1ccc(F)cc1)S2. The zero-order valence-corrected chi connectivity index (χ0v) is 14.5. The Morgan fingerprint density at radius 3 is 2.32 bits per heavy atom. The van der Waals surface area contributed by atoms with Crippen LogP contribution in [-0.2, 0) is 0 Å². The molecule has 0 saturated heterocycles. The molecule has 2 nitrogen and oxygen atoms in total. The third-order valence-electron chi connectivity index (χ3n) is 4.30. The van der Waals surface area contributed by atoms with Gasteiger partial charge in [-0.25, -0.2) is 4.39 Å². The van der Waals surface area contributed by atoms with E-state index in [1.807, 2.05) is 37.3 Å². The maximum Gasteiger partial charge on any atom is 0.140 e. The zero-order valence-electron chi connectivity index (χ0n) is 13.6. The number of hydrogen-bond donors (Lipinski definition) is 1. The summed E-state index contributed by atoms with van der Waals surface area (Å²) in [5, 5.41) is 9.58. The predicted molar refractivity (Wildman–Crippen MR) is 97.7 cm³/mol. The van der Waals surface area contributed by atoms with E-state index in [0.29, 0.717) is 0 Å². The number of benzene rings is 3. The number of thioether (sulfide) groups is 1. The summed E-state index contributed by atoms with van der Waals surface area (Å²) in [6, 6.07) is 19.8. The fraction of sp³-hybridized carbons (Fsp3) is 0.143. The van der Waals surface area contributed by atoms with E-state index >= 15 is 0 Å². The van der Waals surface area contributed by atoms with Crippen LogP contribution in [0.5, 0.6) is 11.5 Å². The van der Waals surface area contributed by atoms with Gasteiger partial charge >= 0.3 is 0 Å². The average molecular weight is 352 g/mol. The van der Waals surface area contributed by atoms with Crippen LogP contribution < -0.4 is 4.74 Å². The summed E-state index contributed by atoms with van der Waals surface area (Å²) in [6.07, 6.45) is -0.217. The Kier molecular flexibility index (Phi) is 4.14. The molecule has 1 aliphatic rings. The molecule has 3 aromatic rings. The fourth-order valence-electron chi connectivity index (χ4n) is 3.00. The van der Waals surface area contributed by atoms with Crippen molar-refractivity contribution in [1.82, 2.24) is 0 Å². The van der Waals surface area contributed by atoms with Gasteiger partial charge < -0.3 is 9.84 Å². The molecule has 1 aliphatic heterocycles. The van der Waals surface area contributed by atoms with Gasteiger partial charge in [-0.15, -0.1) is 11.8 Å². The van der Waals surface area contributed by atoms with Crippen LogP contribution in [-0.4, -0.2) is 5.11 Å². The van der Waals surface area contributed by atoms with E-state index in [-0.39, 0.29) is 22.9 Å². The maximum absolute atomic E-state index is 13.3. The van der Waals surface area contributed by atoms with Gasteiger partial charge in [-0.2, -0.15) is 0 Å². The van der Waals surface area contributed by atoms with Crippen LogP contribution >= 0.6 is 11.8 Å². The summed E-state index contributed by atoms with van der Waals surface area (Å²) in [5.41, 5.74) is 3.13. The molecule has 1 heterocycles. The molecular weight excluding hydrogens is 335 g/mol. The van der Waals surface area contributed by atoms with Crippen LogP contribution in [0, 0.1) is 12.7 Å². The second-order valence-electron chi connectivity index (χ2n) is 6.17. The molecule has 1 N–H and O–H groups in total. The van der Waals surface area contributed by atoms with Gasteiger partial charge in [0.2, 0.25) is 0 Å². The summed E-state index contributed by atoms with van der Waals surface area (Å²) in [7, 11) is 0. The molecule has 0 spiro atoms. The normalized spacial score (nSPS) is 19.1. The highest BCUT2D eigenvalue weighted by molar-refractivity contribution is 7.99. The van der Waals surface area contributed by atoms with Crippen molar-refractivity contribution in [2.45, 2.75) is 23.2 Å². The monoisotopic (exact) mass is 352 g/mol. The first-order valence-electron chi connectivity index (χ1n) is 8.08. The van der Waals surface area contributed by atoms with E-state index in [9.17, 15) is 9.50 Å². The van der Waals surface area contributed by atoms with Crippen molar-refractivity contribution in [3.63, 3.8) is 0 Å². The van der Waals surface area contributed by atoms with E-state index < -0.39 is 0 Å². The Balaban J connectivity index is 1.78. The largest absolute Gasteiger partial charge is 0.508 e. The second-order valence-corrected chi connectivity index (χ2v) is 7.35. The summed E-state index contributed by atoms with van der Waals surface area (Å²) in [6.45, 7) is 2.04. The first-order valence-corrected chi connectivity index (χ1v) is 8.96. The molecule has 0 aliphatic carbocycles. The molecule has 3 aromatic carbocycles. The Labute approximate surface area is 150 Å². The van der Waals surface area contributed by atoms with Crippen LogP contribution in [0.15, 0.2) is 71.6 Å². The third kappa shape index (κ3) is 3.22. The topological polar surface area (TPSA) is 29.5 Å². The van der Waals surface area contributed by atoms with Crippen molar-refractivity contribution < 1.29 is 14.2 Å². The Bertz CT molecular complexity index is 891. The van der Waals surface area contributed by atoms with Crippen molar-refractivity contribution in [3.8, 4) is 11.5 Å². The van der Waals surface area contributed by atoms with Gasteiger partial charge in [-0.05, 0) is 60.0 Å². The maximum atomic E-state index is 13.3. The number of hydrogen-bond acceptors (Lipinski definition) is 3. The number of fused-ring (bicyclic) bond motifs is 1. The molecule has 0 saturated carbocycles. The molecule has 0 radical (unpaired) electrons. The Hall–Kier alpha value is -2.46. The molecule has 0 bridgehead atoms. The van der Waals surface area contributed by atoms with Gasteiger partial charge in [0, 0.05) is 0 Å². The first-order chi connectivity index (χ1) is 12.1. The zero-order chi connectivity index (χ0) is 17.4. The van der Waals surface area contributed by atoms with Gasteiger partial charge in [0.1, 0.15) is 23.4 Å². The first kappa shape index (κ1) is 16.0. The lowest BCUT2D eigenvalue weighted by Crippen LogP contribution is -2.19. The number of phenolic OH excluding ortho intramolecular Hbond substituents is 1. The molecule has 0 amide bonds. The Morgan fingerprint density at radius 2 is 1.60 bits per heavy atom. The number of rotatable bonds is 2. The molecule has 2 atom stereocenters. The number of aromatic hydroxyl groups is 1. The van der Waals surface area contributed by atoms with Crippen LogP contribution in [0.25, 0.3) is 0 Å². The molecular formula is C21H17FO2S. The minimum atomic E-state index is -0.248. The highest BCUT2D eigenvalue weighted by atomic mass is 32.2. The smallest absolute Gasteiger partial charge is 0.140 e. The molecule has 0 unspecified atom stereocenters. The lowest BCUT2D eigenvalue weighted by Gasteiger charge is -2.34. The van der Waals surface area contributed by atoms with E-state index in [1.165, 1.54) is 12.1 Å². The summed E-state index contributed by atoms with van der Waals surface area (Å²) >= 11 is 1.72. The molecule has 126 valence electrons. The number of phenols is 1. The van der Waals surface area contributed by atoms with Crippen LogP contribution in [0.2, 0.25) is 0 Å². The lowest BCUT2D eigenvalue weighted by molar-refractivity contribution is 0.190. The highest BCUT2D eigenvalue weighted by Crippen LogP contribution is 2.53. The molecule has 0 aromatic heterocycles. The second kappa shape index (κ2) is 6.45. The van der Waals surface area contributed by atoms with E-state index in [0.717, 1.165) is 27.3 Å². The van der Waals surface area contributed by atoms with Gasteiger partial charge in [0.25, 0.3) is 0 Å².